The van der Waals surface area contributed by atoms with Crippen LogP contribution in [-0.2, 0) is 28.7 Å². The number of carbonyl (C=O) groups excluding carboxylic acids is 5. The second kappa shape index (κ2) is 13.8. The Kier molecular flexibility index (Phi) is 12.6. The molecule has 0 fully saturated rings. The molecule has 0 rings (SSSR count). The second-order valence-electron chi connectivity index (χ2n) is 9.28. The number of carbonyl (C=O) groups is 5. The summed E-state index contributed by atoms with van der Waals surface area (Å²) in [5.74, 6) is -3.08. The summed E-state index contributed by atoms with van der Waals surface area (Å²) in [4.78, 5) is 61.4. The molecule has 190 valence electrons. The molecule has 0 saturated heterocycles. The number of methoxy groups -OCH3 is 1. The van der Waals surface area contributed by atoms with Crippen LogP contribution in [0.5, 0.6) is 0 Å². The molecule has 0 radical (unpaired) electrons. The zero-order chi connectivity index (χ0) is 25.9. The molecule has 0 aliphatic carbocycles. The van der Waals surface area contributed by atoms with Crippen LogP contribution in [0.15, 0.2) is 0 Å². The fourth-order valence-corrected chi connectivity index (χ4v) is 3.06. The van der Waals surface area contributed by atoms with Gasteiger partial charge in [0.25, 0.3) is 0 Å². The Balaban J connectivity index is 5.53. The Morgan fingerprint density at radius 2 is 1.55 bits per heavy atom. The van der Waals surface area contributed by atoms with Gasteiger partial charge in [0.1, 0.15) is 17.6 Å². The van der Waals surface area contributed by atoms with E-state index in [4.69, 9.17) is 16.2 Å². The van der Waals surface area contributed by atoms with Gasteiger partial charge in [0, 0.05) is 6.42 Å². The quantitative estimate of drug-likeness (QED) is 0.216. The first-order chi connectivity index (χ1) is 15.2. The van der Waals surface area contributed by atoms with E-state index in [1.807, 2.05) is 20.8 Å². The molecule has 0 aliphatic heterocycles. The van der Waals surface area contributed by atoms with Crippen molar-refractivity contribution in [1.82, 2.24) is 16.0 Å². The SMILES string of the molecule is CC[C@H](C)[C@H](NC(=O)[C@@H](N)CCC(N)=O)C(=O)N[C@@H](CC(C)C)C(=O)NC(C)(C)C(=O)OC. The number of hydrogen-bond donors (Lipinski definition) is 5. The summed E-state index contributed by atoms with van der Waals surface area (Å²) >= 11 is 0. The van der Waals surface area contributed by atoms with E-state index in [0.29, 0.717) is 12.8 Å². The lowest BCUT2D eigenvalue weighted by molar-refractivity contribution is -0.149. The Hall–Kier alpha value is -2.69. The summed E-state index contributed by atoms with van der Waals surface area (Å²) in [7, 11) is 1.22. The molecule has 4 atom stereocenters. The fourth-order valence-electron chi connectivity index (χ4n) is 3.06. The number of nitrogens with one attached hydrogen (secondary N) is 3. The van der Waals surface area contributed by atoms with Gasteiger partial charge in [0.15, 0.2) is 0 Å². The van der Waals surface area contributed by atoms with Gasteiger partial charge in [0.2, 0.25) is 23.6 Å². The number of primary amides is 1. The molecule has 7 N–H and O–H groups in total. The Bertz CT molecular complexity index is 709. The summed E-state index contributed by atoms with van der Waals surface area (Å²) in [5.41, 5.74) is 9.63. The molecule has 33 heavy (non-hydrogen) atoms. The summed E-state index contributed by atoms with van der Waals surface area (Å²) in [6, 6.07) is -2.89. The summed E-state index contributed by atoms with van der Waals surface area (Å²) in [6.07, 6.45) is 0.887. The predicted octanol–water partition coefficient (Wildman–Crippen LogP) is -0.291. The number of ether oxygens (including phenoxy) is 1. The van der Waals surface area contributed by atoms with E-state index in [1.165, 1.54) is 21.0 Å². The van der Waals surface area contributed by atoms with Crippen LogP contribution in [0.3, 0.4) is 0 Å². The van der Waals surface area contributed by atoms with E-state index < -0.39 is 53.3 Å². The van der Waals surface area contributed by atoms with E-state index in [-0.39, 0.29) is 24.7 Å². The van der Waals surface area contributed by atoms with Crippen molar-refractivity contribution in [3.05, 3.63) is 0 Å². The molecule has 0 saturated carbocycles. The Labute approximate surface area is 196 Å². The van der Waals surface area contributed by atoms with Crippen molar-refractivity contribution in [2.45, 2.75) is 90.9 Å². The largest absolute Gasteiger partial charge is 0.467 e. The Morgan fingerprint density at radius 1 is 0.970 bits per heavy atom. The molecular formula is C22H41N5O6. The molecular weight excluding hydrogens is 430 g/mol. The summed E-state index contributed by atoms with van der Waals surface area (Å²) < 4.78 is 4.71. The van der Waals surface area contributed by atoms with Gasteiger partial charge in [-0.1, -0.05) is 34.1 Å². The lowest BCUT2D eigenvalue weighted by Crippen LogP contribution is -2.60. The standard InChI is InChI=1S/C22H41N5O6/c1-8-13(4)17(26-18(29)14(23)9-10-16(24)28)20(31)25-15(11-12(2)3)19(30)27-22(5,6)21(32)33-7/h12-15,17H,8-11,23H2,1-7H3,(H2,24,28)(H,25,31)(H,26,29)(H,27,30)/t13-,14-,15-,17-/m0/s1. The van der Waals surface area contributed by atoms with Crippen molar-refractivity contribution < 1.29 is 28.7 Å². The molecule has 0 aromatic carbocycles. The zero-order valence-corrected chi connectivity index (χ0v) is 20.8. The average molecular weight is 472 g/mol. The van der Waals surface area contributed by atoms with Gasteiger partial charge in [-0.2, -0.15) is 0 Å². The lowest BCUT2D eigenvalue weighted by Gasteiger charge is -2.30. The second-order valence-corrected chi connectivity index (χ2v) is 9.28. The first kappa shape index (κ1) is 30.3. The predicted molar refractivity (Wildman–Crippen MR) is 123 cm³/mol. The maximum atomic E-state index is 13.1. The molecule has 0 unspecified atom stereocenters. The minimum atomic E-state index is -1.29. The molecule has 0 aliphatic rings. The maximum absolute atomic E-state index is 13.1. The maximum Gasteiger partial charge on any atom is 0.330 e. The molecule has 0 aromatic rings. The van der Waals surface area contributed by atoms with Crippen LogP contribution in [-0.4, -0.2) is 60.4 Å². The van der Waals surface area contributed by atoms with Gasteiger partial charge >= 0.3 is 5.97 Å². The smallest absolute Gasteiger partial charge is 0.330 e. The van der Waals surface area contributed by atoms with Crippen molar-refractivity contribution in [3.8, 4) is 0 Å². The van der Waals surface area contributed by atoms with Crippen LogP contribution in [0.2, 0.25) is 0 Å². The van der Waals surface area contributed by atoms with E-state index >= 15 is 0 Å². The van der Waals surface area contributed by atoms with E-state index in [9.17, 15) is 24.0 Å². The minimum Gasteiger partial charge on any atom is -0.467 e. The number of nitrogens with two attached hydrogens (primary N) is 2. The molecule has 0 spiro atoms. The molecule has 0 bridgehead atoms. The zero-order valence-electron chi connectivity index (χ0n) is 20.8. The number of amides is 4. The highest BCUT2D eigenvalue weighted by Gasteiger charge is 2.35. The number of esters is 1. The van der Waals surface area contributed by atoms with Crippen LogP contribution < -0.4 is 27.4 Å². The third-order valence-electron chi connectivity index (χ3n) is 5.30. The summed E-state index contributed by atoms with van der Waals surface area (Å²) in [6.45, 7) is 10.4. The highest BCUT2D eigenvalue weighted by Crippen LogP contribution is 2.13. The highest BCUT2D eigenvalue weighted by molar-refractivity contribution is 5.95. The van der Waals surface area contributed by atoms with Crippen molar-refractivity contribution in [3.63, 3.8) is 0 Å². The van der Waals surface area contributed by atoms with Crippen LogP contribution in [0.25, 0.3) is 0 Å². The molecule has 11 heteroatoms. The molecule has 4 amide bonds. The number of rotatable bonds is 14. The molecule has 0 heterocycles. The van der Waals surface area contributed by atoms with Crippen LogP contribution >= 0.6 is 0 Å². The fraction of sp³-hybridized carbons (Fsp3) is 0.773. The normalized spacial score (nSPS) is 15.1. The Morgan fingerprint density at radius 3 is 2.00 bits per heavy atom. The average Bonchev–Trinajstić information content (AvgIpc) is 2.72. The van der Waals surface area contributed by atoms with Gasteiger partial charge in [-0.05, 0) is 38.5 Å². The minimum absolute atomic E-state index is 0.0526. The van der Waals surface area contributed by atoms with E-state index in [1.54, 1.807) is 6.92 Å². The van der Waals surface area contributed by atoms with Gasteiger partial charge in [-0.15, -0.1) is 0 Å². The van der Waals surface area contributed by atoms with Crippen molar-refractivity contribution in [1.29, 1.82) is 0 Å². The van der Waals surface area contributed by atoms with Crippen molar-refractivity contribution >= 4 is 29.6 Å². The third kappa shape index (κ3) is 10.6. The van der Waals surface area contributed by atoms with E-state index in [0.717, 1.165) is 0 Å². The molecule has 11 nitrogen and oxygen atoms in total. The highest BCUT2D eigenvalue weighted by atomic mass is 16.5. The number of hydrogen-bond acceptors (Lipinski definition) is 7. The van der Waals surface area contributed by atoms with Gasteiger partial charge in [0.05, 0.1) is 13.2 Å². The molecule has 0 aromatic heterocycles. The first-order valence-electron chi connectivity index (χ1n) is 11.2. The monoisotopic (exact) mass is 471 g/mol. The van der Waals surface area contributed by atoms with Crippen molar-refractivity contribution in [2.24, 2.45) is 23.3 Å². The topological polar surface area (TPSA) is 183 Å². The van der Waals surface area contributed by atoms with Crippen LogP contribution in [0.1, 0.15) is 67.2 Å². The van der Waals surface area contributed by atoms with Crippen molar-refractivity contribution in [2.75, 3.05) is 7.11 Å². The van der Waals surface area contributed by atoms with Gasteiger partial charge in [-0.3, -0.25) is 19.2 Å². The van der Waals surface area contributed by atoms with E-state index in [2.05, 4.69) is 16.0 Å². The van der Waals surface area contributed by atoms with Gasteiger partial charge < -0.3 is 32.2 Å². The first-order valence-corrected chi connectivity index (χ1v) is 11.2. The third-order valence-corrected chi connectivity index (χ3v) is 5.30. The van der Waals surface area contributed by atoms with Crippen LogP contribution in [0, 0.1) is 11.8 Å². The van der Waals surface area contributed by atoms with Crippen LogP contribution in [0.4, 0.5) is 0 Å². The van der Waals surface area contributed by atoms with Gasteiger partial charge in [-0.25, -0.2) is 4.79 Å². The summed E-state index contributed by atoms with van der Waals surface area (Å²) in [5, 5.41) is 7.94. The lowest BCUT2D eigenvalue weighted by atomic mass is 9.95.